The van der Waals surface area contributed by atoms with Gasteiger partial charge in [0.2, 0.25) is 0 Å². The van der Waals surface area contributed by atoms with E-state index in [1.54, 1.807) is 6.42 Å². The van der Waals surface area contributed by atoms with E-state index in [1.807, 2.05) is 48.5 Å². The first-order valence-electron chi connectivity index (χ1n) is 6.02. The Morgan fingerprint density at radius 2 is 1.90 bits per heavy atom. The van der Waals surface area contributed by atoms with Crippen molar-refractivity contribution in [1.82, 2.24) is 0 Å². The van der Waals surface area contributed by atoms with Crippen LogP contribution >= 0.6 is 11.6 Å². The second-order valence-electron chi connectivity index (χ2n) is 3.83. The first kappa shape index (κ1) is 19.9. The molecular weight excluding hydrogens is 357 g/mol. The molecule has 21 heavy (non-hydrogen) atoms. The van der Waals surface area contributed by atoms with E-state index in [2.05, 4.69) is 18.7 Å². The molecule has 0 aromatic heterocycles. The van der Waals surface area contributed by atoms with Crippen LogP contribution in [0.15, 0.2) is 60.1 Å². The maximum Gasteiger partial charge on any atom is 0.0997 e. The monoisotopic (exact) mass is 371 g/mol. The van der Waals surface area contributed by atoms with Gasteiger partial charge in [0.25, 0.3) is 0 Å². The fraction of sp³-hybridized carbons (Fsp3) is 0.0588. The molecule has 2 rings (SSSR count). The van der Waals surface area contributed by atoms with Gasteiger partial charge in [-0.15, -0.1) is 22.2 Å². The van der Waals surface area contributed by atoms with Crippen LogP contribution in [0.5, 0.6) is 0 Å². The third kappa shape index (κ3) is 7.46. The van der Waals surface area contributed by atoms with Crippen molar-refractivity contribution in [3.8, 4) is 17.2 Å². The molecule has 0 saturated carbocycles. The summed E-state index contributed by atoms with van der Waals surface area (Å²) in [6.07, 6.45) is 1.64. The predicted molar refractivity (Wildman–Crippen MR) is 83.8 cm³/mol. The molecule has 0 unspecified atom stereocenters. The van der Waals surface area contributed by atoms with E-state index < -0.39 is 0 Å². The summed E-state index contributed by atoms with van der Waals surface area (Å²) in [4.78, 5) is 0. The fourth-order valence-corrected chi connectivity index (χ4v) is 1.62. The van der Waals surface area contributed by atoms with E-state index in [4.69, 9.17) is 22.6 Å². The molecule has 0 fully saturated rings. The summed E-state index contributed by atoms with van der Waals surface area (Å²) >= 11 is 5.25. The topological polar surface area (TPSA) is 49.8 Å². The third-order valence-corrected chi connectivity index (χ3v) is 2.57. The van der Waals surface area contributed by atoms with Crippen LogP contribution in [-0.4, -0.2) is 6.54 Å². The maximum absolute atomic E-state index is 8.92. The van der Waals surface area contributed by atoms with Crippen LogP contribution < -0.4 is 5.73 Å². The van der Waals surface area contributed by atoms with E-state index in [0.717, 1.165) is 11.1 Å². The Morgan fingerprint density at radius 3 is 2.38 bits per heavy atom. The van der Waals surface area contributed by atoms with Gasteiger partial charge in [0.15, 0.2) is 0 Å². The van der Waals surface area contributed by atoms with Crippen molar-refractivity contribution in [2.75, 3.05) is 6.54 Å². The Hall–Kier alpha value is -1.11. The summed E-state index contributed by atoms with van der Waals surface area (Å²) < 4.78 is 0. The predicted octanol–water partition coefficient (Wildman–Crippen LogP) is 3.92. The number of nitrogens with zero attached hydrogens (tertiary/aromatic N) is 1. The smallest absolute Gasteiger partial charge is 0.0997 e. The Kier molecular flexibility index (Phi) is 10.9. The molecule has 0 bridgehead atoms. The molecule has 0 heterocycles. The minimum absolute atomic E-state index is 0. The molecule has 0 atom stereocenters. The Balaban J connectivity index is 0.000000495. The Bertz CT molecular complexity index is 591. The molecule has 0 aliphatic rings. The second kappa shape index (κ2) is 11.5. The van der Waals surface area contributed by atoms with Crippen molar-refractivity contribution in [1.29, 1.82) is 5.26 Å². The van der Waals surface area contributed by atoms with Crippen LogP contribution in [0.25, 0.3) is 11.1 Å². The third-order valence-electron chi connectivity index (χ3n) is 2.42. The van der Waals surface area contributed by atoms with Gasteiger partial charge in [0.1, 0.15) is 0 Å². The van der Waals surface area contributed by atoms with Crippen molar-refractivity contribution >= 4 is 11.6 Å². The van der Waals surface area contributed by atoms with Gasteiger partial charge >= 0.3 is 0 Å². The van der Waals surface area contributed by atoms with Gasteiger partial charge in [-0.1, -0.05) is 24.7 Å². The average Bonchev–Trinajstić information content (AvgIpc) is 2.48. The maximum atomic E-state index is 8.92. The SMILES string of the molecule is C=C(Cl)[CH-]CN.N#Cc1ccccc1-c1cc[c-]cc1.[Y]. The van der Waals surface area contributed by atoms with Gasteiger partial charge in [-0.2, -0.15) is 42.0 Å². The summed E-state index contributed by atoms with van der Waals surface area (Å²) in [5, 5.41) is 9.43. The molecule has 105 valence electrons. The number of rotatable bonds is 3. The number of nitriles is 1. The molecule has 4 heteroatoms. The van der Waals surface area contributed by atoms with E-state index >= 15 is 0 Å². The van der Waals surface area contributed by atoms with E-state index in [9.17, 15) is 0 Å². The van der Waals surface area contributed by atoms with Crippen molar-refractivity contribution in [2.45, 2.75) is 0 Å². The fourth-order valence-electron chi connectivity index (χ4n) is 1.53. The summed E-state index contributed by atoms with van der Waals surface area (Å²) in [6, 6.07) is 20.3. The van der Waals surface area contributed by atoms with Crippen LogP contribution in [0.1, 0.15) is 5.56 Å². The molecule has 0 amide bonds. The molecule has 2 aromatic rings. The van der Waals surface area contributed by atoms with Crippen LogP contribution in [0.4, 0.5) is 0 Å². The zero-order valence-electron chi connectivity index (χ0n) is 11.6. The van der Waals surface area contributed by atoms with Crippen LogP contribution in [0.3, 0.4) is 0 Å². The minimum Gasteiger partial charge on any atom is -0.343 e. The summed E-state index contributed by atoms with van der Waals surface area (Å²) in [7, 11) is 0. The van der Waals surface area contributed by atoms with Crippen molar-refractivity contribution < 1.29 is 32.7 Å². The first-order valence-corrected chi connectivity index (χ1v) is 6.40. The molecule has 2 N–H and O–H groups in total. The summed E-state index contributed by atoms with van der Waals surface area (Å²) in [5.41, 5.74) is 7.77. The molecule has 2 nitrogen and oxygen atoms in total. The Morgan fingerprint density at radius 1 is 1.29 bits per heavy atom. The van der Waals surface area contributed by atoms with Gasteiger partial charge in [-0.05, 0) is 11.6 Å². The molecule has 1 radical (unpaired) electrons. The van der Waals surface area contributed by atoms with Crippen LogP contribution in [-0.2, 0) is 32.7 Å². The second-order valence-corrected chi connectivity index (χ2v) is 4.32. The van der Waals surface area contributed by atoms with Crippen molar-refractivity contribution in [2.24, 2.45) is 5.73 Å². The average molecular weight is 372 g/mol. The summed E-state index contributed by atoms with van der Waals surface area (Å²) in [6.45, 7) is 3.85. The van der Waals surface area contributed by atoms with Crippen molar-refractivity contribution in [3.05, 3.63) is 78.2 Å². The van der Waals surface area contributed by atoms with Gasteiger partial charge < -0.3 is 5.73 Å². The van der Waals surface area contributed by atoms with E-state index in [1.165, 1.54) is 0 Å². The quantitative estimate of drug-likeness (QED) is 0.831. The summed E-state index contributed by atoms with van der Waals surface area (Å²) in [5.74, 6) is 0. The van der Waals surface area contributed by atoms with Gasteiger partial charge in [0.05, 0.1) is 11.6 Å². The van der Waals surface area contributed by atoms with Gasteiger partial charge in [-0.25, -0.2) is 6.58 Å². The number of hydrogen-bond donors (Lipinski definition) is 1. The molecule has 2 aromatic carbocycles. The number of halogens is 1. The minimum atomic E-state index is 0. The normalized spacial score (nSPS) is 8.43. The number of nitrogens with two attached hydrogens (primary N) is 1. The molecule has 0 aliphatic carbocycles. The van der Waals surface area contributed by atoms with Crippen LogP contribution in [0.2, 0.25) is 0 Å². The molecule has 0 saturated heterocycles. The zero-order valence-corrected chi connectivity index (χ0v) is 15.2. The Labute approximate surface area is 156 Å². The van der Waals surface area contributed by atoms with Gasteiger partial charge in [0, 0.05) is 32.7 Å². The van der Waals surface area contributed by atoms with Crippen molar-refractivity contribution in [3.63, 3.8) is 0 Å². The van der Waals surface area contributed by atoms with E-state index in [0.29, 0.717) is 17.1 Å². The standard InChI is InChI=1S/C13H8N.C4H7ClN.Y/c14-10-12-8-4-5-9-13(12)11-6-2-1-3-7-11;1-4(5)2-3-6;/h2-9H;2H,1,3,6H2;/q2*-1;. The van der Waals surface area contributed by atoms with E-state index in [-0.39, 0.29) is 32.7 Å². The molecule has 0 spiro atoms. The number of hydrogen-bond acceptors (Lipinski definition) is 2. The van der Waals surface area contributed by atoms with Crippen LogP contribution in [0, 0.1) is 23.8 Å². The largest absolute Gasteiger partial charge is 0.343 e. The zero-order chi connectivity index (χ0) is 14.8. The van der Waals surface area contributed by atoms with Gasteiger partial charge in [-0.3, -0.25) is 0 Å². The first-order chi connectivity index (χ1) is 9.69. The number of benzene rings is 2. The molecule has 0 aliphatic heterocycles. The molecular formula is C17H15ClN2Y-2.